The number of esters is 2. The molecule has 1 saturated heterocycles. The molecular formula is C17H18N2O6. The minimum atomic E-state index is -1.02. The maximum Gasteiger partial charge on any atom is 0.347 e. The molecule has 1 aliphatic heterocycles. The third-order valence-electron chi connectivity index (χ3n) is 3.33. The zero-order valence-electron chi connectivity index (χ0n) is 13.9. The van der Waals surface area contributed by atoms with Crippen molar-refractivity contribution in [3.8, 4) is 0 Å². The van der Waals surface area contributed by atoms with Gasteiger partial charge in [0.15, 0.2) is 5.57 Å². The molecule has 3 amide bonds. The lowest BCUT2D eigenvalue weighted by atomic mass is 10.2. The van der Waals surface area contributed by atoms with Crippen LogP contribution in [0.3, 0.4) is 0 Å². The van der Waals surface area contributed by atoms with Gasteiger partial charge in [0.05, 0.1) is 19.8 Å². The van der Waals surface area contributed by atoms with Gasteiger partial charge in [-0.1, -0.05) is 30.3 Å². The first-order valence-corrected chi connectivity index (χ1v) is 7.74. The fraction of sp³-hybridized carbons (Fsp3) is 0.294. The number of urea groups is 1. The number of nitrogens with one attached hydrogen (secondary N) is 1. The van der Waals surface area contributed by atoms with E-state index in [1.54, 1.807) is 44.2 Å². The van der Waals surface area contributed by atoms with Crippen molar-refractivity contribution in [3.63, 3.8) is 0 Å². The van der Waals surface area contributed by atoms with Crippen molar-refractivity contribution < 1.29 is 28.7 Å². The number of hydrogen-bond acceptors (Lipinski definition) is 6. The van der Waals surface area contributed by atoms with Gasteiger partial charge in [0.25, 0.3) is 5.91 Å². The van der Waals surface area contributed by atoms with Crippen molar-refractivity contribution in [1.82, 2.24) is 10.2 Å². The highest BCUT2D eigenvalue weighted by Gasteiger charge is 2.40. The lowest BCUT2D eigenvalue weighted by Gasteiger charge is -2.12. The summed E-state index contributed by atoms with van der Waals surface area (Å²) in [4.78, 5) is 49.7. The summed E-state index contributed by atoms with van der Waals surface area (Å²) in [5.41, 5.74) is -0.323. The van der Waals surface area contributed by atoms with Crippen LogP contribution < -0.4 is 5.32 Å². The molecule has 132 valence electrons. The molecule has 0 saturated carbocycles. The van der Waals surface area contributed by atoms with Gasteiger partial charge in [-0.15, -0.1) is 0 Å². The molecule has 2 rings (SSSR count). The molecule has 0 aliphatic carbocycles. The maximum absolute atomic E-state index is 12.5. The van der Waals surface area contributed by atoms with Crippen LogP contribution in [0.5, 0.6) is 0 Å². The van der Waals surface area contributed by atoms with E-state index in [-0.39, 0.29) is 19.8 Å². The summed E-state index contributed by atoms with van der Waals surface area (Å²) in [7, 11) is 0. The summed E-state index contributed by atoms with van der Waals surface area (Å²) >= 11 is 0. The molecule has 1 aromatic rings. The van der Waals surface area contributed by atoms with Crippen molar-refractivity contribution in [2.45, 2.75) is 20.4 Å². The fourth-order valence-corrected chi connectivity index (χ4v) is 2.23. The van der Waals surface area contributed by atoms with Crippen LogP contribution in [0.15, 0.2) is 41.6 Å². The lowest BCUT2D eigenvalue weighted by molar-refractivity contribution is -0.147. The lowest BCUT2D eigenvalue weighted by Crippen LogP contribution is -2.30. The van der Waals surface area contributed by atoms with Gasteiger partial charge >= 0.3 is 18.0 Å². The predicted molar refractivity (Wildman–Crippen MR) is 85.8 cm³/mol. The number of hydrogen-bond donors (Lipinski definition) is 1. The smallest absolute Gasteiger partial charge is 0.347 e. The number of benzene rings is 1. The Hall–Kier alpha value is -3.16. The van der Waals surface area contributed by atoms with Gasteiger partial charge in [-0.05, 0) is 19.4 Å². The molecule has 0 bridgehead atoms. The van der Waals surface area contributed by atoms with E-state index in [9.17, 15) is 19.2 Å². The molecule has 8 heteroatoms. The second kappa shape index (κ2) is 8.09. The molecule has 1 aromatic carbocycles. The van der Waals surface area contributed by atoms with E-state index in [1.165, 1.54) is 0 Å². The minimum absolute atomic E-state index is 0.00485. The highest BCUT2D eigenvalue weighted by Crippen LogP contribution is 2.19. The number of carbonyl (C=O) groups excluding carboxylic acids is 4. The summed E-state index contributed by atoms with van der Waals surface area (Å²) in [5, 5.41) is 2.27. The number of amides is 3. The highest BCUT2D eigenvalue weighted by atomic mass is 16.6. The Bertz CT molecular complexity index is 706. The van der Waals surface area contributed by atoms with Crippen LogP contribution in [0.25, 0.3) is 0 Å². The fourth-order valence-electron chi connectivity index (χ4n) is 2.23. The summed E-state index contributed by atoms with van der Waals surface area (Å²) in [6, 6.07) is 8.12. The summed E-state index contributed by atoms with van der Waals surface area (Å²) in [6.07, 6.45) is 0. The van der Waals surface area contributed by atoms with Gasteiger partial charge in [0.1, 0.15) is 5.70 Å². The Morgan fingerprint density at radius 3 is 2.08 bits per heavy atom. The first-order chi connectivity index (χ1) is 12.0. The summed E-state index contributed by atoms with van der Waals surface area (Å²) in [6.45, 7) is 3.13. The van der Waals surface area contributed by atoms with Gasteiger partial charge < -0.3 is 14.8 Å². The molecule has 0 aromatic heterocycles. The van der Waals surface area contributed by atoms with E-state index < -0.39 is 35.1 Å². The van der Waals surface area contributed by atoms with Crippen LogP contribution >= 0.6 is 0 Å². The van der Waals surface area contributed by atoms with Crippen molar-refractivity contribution in [3.05, 3.63) is 47.2 Å². The maximum atomic E-state index is 12.5. The van der Waals surface area contributed by atoms with E-state index >= 15 is 0 Å². The van der Waals surface area contributed by atoms with Crippen molar-refractivity contribution >= 4 is 23.9 Å². The second-order valence-electron chi connectivity index (χ2n) is 5.00. The third kappa shape index (κ3) is 4.03. The quantitative estimate of drug-likeness (QED) is 0.272. The molecule has 0 spiro atoms. The van der Waals surface area contributed by atoms with E-state index in [1.807, 2.05) is 0 Å². The zero-order chi connectivity index (χ0) is 18.4. The Morgan fingerprint density at radius 1 is 1.00 bits per heavy atom. The second-order valence-corrected chi connectivity index (χ2v) is 5.00. The monoisotopic (exact) mass is 346 g/mol. The van der Waals surface area contributed by atoms with E-state index in [2.05, 4.69) is 5.32 Å². The Kier molecular flexibility index (Phi) is 5.89. The predicted octanol–water partition coefficient (Wildman–Crippen LogP) is 1.12. The Morgan fingerprint density at radius 2 is 1.56 bits per heavy atom. The SMILES string of the molecule is CCOC(=O)C(C(=O)OCC)=C1NC(=O)N(Cc2ccccc2)C1=O. The van der Waals surface area contributed by atoms with Crippen LogP contribution in [0.2, 0.25) is 0 Å². The van der Waals surface area contributed by atoms with Gasteiger partial charge in [-0.3, -0.25) is 9.69 Å². The van der Waals surface area contributed by atoms with Crippen LogP contribution in [-0.4, -0.2) is 42.0 Å². The third-order valence-corrected chi connectivity index (χ3v) is 3.33. The normalized spacial score (nSPS) is 13.5. The Balaban J connectivity index is 2.36. The number of imide groups is 1. The number of carbonyl (C=O) groups is 4. The largest absolute Gasteiger partial charge is 0.462 e. The van der Waals surface area contributed by atoms with Gasteiger partial charge in [0.2, 0.25) is 0 Å². The van der Waals surface area contributed by atoms with Crippen molar-refractivity contribution in [2.24, 2.45) is 0 Å². The van der Waals surface area contributed by atoms with E-state index in [0.717, 1.165) is 10.5 Å². The van der Waals surface area contributed by atoms with Crippen LogP contribution in [0, 0.1) is 0 Å². The summed E-state index contributed by atoms with van der Waals surface area (Å²) in [5.74, 6) is -2.83. The van der Waals surface area contributed by atoms with E-state index in [4.69, 9.17) is 9.47 Å². The molecule has 0 radical (unpaired) electrons. The average Bonchev–Trinajstić information content (AvgIpc) is 2.85. The molecule has 8 nitrogen and oxygen atoms in total. The molecule has 1 N–H and O–H groups in total. The van der Waals surface area contributed by atoms with Gasteiger partial charge in [0, 0.05) is 0 Å². The van der Waals surface area contributed by atoms with Crippen LogP contribution in [0.4, 0.5) is 4.79 Å². The molecule has 1 aliphatic rings. The molecule has 1 heterocycles. The topological polar surface area (TPSA) is 102 Å². The first-order valence-electron chi connectivity index (χ1n) is 7.74. The van der Waals surface area contributed by atoms with Crippen molar-refractivity contribution in [2.75, 3.05) is 13.2 Å². The Labute approximate surface area is 144 Å². The highest BCUT2D eigenvalue weighted by molar-refractivity contribution is 6.23. The standard InChI is InChI=1S/C17H18N2O6/c1-3-24-15(21)12(16(22)25-4-2)13-14(20)19(17(23)18-13)10-11-8-6-5-7-9-11/h5-9H,3-4,10H2,1-2H3,(H,18,23). The number of rotatable bonds is 6. The molecule has 0 atom stereocenters. The van der Waals surface area contributed by atoms with Crippen LogP contribution in [-0.2, 0) is 30.4 Å². The zero-order valence-corrected chi connectivity index (χ0v) is 13.9. The van der Waals surface area contributed by atoms with Crippen molar-refractivity contribution in [1.29, 1.82) is 0 Å². The van der Waals surface area contributed by atoms with Gasteiger partial charge in [-0.25, -0.2) is 14.4 Å². The molecular weight excluding hydrogens is 328 g/mol. The first kappa shape index (κ1) is 18.2. The number of nitrogens with zero attached hydrogens (tertiary/aromatic N) is 1. The minimum Gasteiger partial charge on any atom is -0.462 e. The molecule has 1 fully saturated rings. The van der Waals surface area contributed by atoms with E-state index in [0.29, 0.717) is 0 Å². The average molecular weight is 346 g/mol. The van der Waals surface area contributed by atoms with Crippen LogP contribution in [0.1, 0.15) is 19.4 Å². The summed E-state index contributed by atoms with van der Waals surface area (Å²) < 4.78 is 9.60. The molecule has 25 heavy (non-hydrogen) atoms. The van der Waals surface area contributed by atoms with Gasteiger partial charge in [-0.2, -0.15) is 0 Å². The molecule has 0 unspecified atom stereocenters. The number of ether oxygens (including phenoxy) is 2.